The standard InChI is InChI=1S/C33H32N2O/c1-26-23-32(36)22-21-28(26)14-12-11-13-27-24-34-35(25-27)33(29-15-5-2-6-16-29,30-17-7-3-8-18-30)31-19-9-4-10-20-31/h2-10,15-25,36H,11-14H2,1H3. The first-order valence-electron chi connectivity index (χ1n) is 12.7. The van der Waals surface area contributed by atoms with Crippen LogP contribution in [0.25, 0.3) is 0 Å². The Bertz CT molecular complexity index is 1300. The highest BCUT2D eigenvalue weighted by molar-refractivity contribution is 5.50. The molecule has 5 aromatic rings. The minimum absolute atomic E-state index is 0.336. The molecule has 0 saturated heterocycles. The van der Waals surface area contributed by atoms with Gasteiger partial charge < -0.3 is 5.11 Å². The number of phenols is 1. The fraction of sp³-hybridized carbons (Fsp3) is 0.182. The molecule has 3 nitrogen and oxygen atoms in total. The number of aromatic nitrogens is 2. The minimum atomic E-state index is -0.564. The van der Waals surface area contributed by atoms with Crippen molar-refractivity contribution in [1.82, 2.24) is 9.78 Å². The second kappa shape index (κ2) is 10.7. The first-order chi connectivity index (χ1) is 17.7. The summed E-state index contributed by atoms with van der Waals surface area (Å²) in [5.41, 5.74) is 6.68. The van der Waals surface area contributed by atoms with E-state index in [0.29, 0.717) is 5.75 Å². The summed E-state index contributed by atoms with van der Waals surface area (Å²) in [5, 5.41) is 14.6. The molecule has 0 amide bonds. The van der Waals surface area contributed by atoms with Gasteiger partial charge in [0.05, 0.1) is 6.20 Å². The molecule has 0 radical (unpaired) electrons. The van der Waals surface area contributed by atoms with Gasteiger partial charge in [0, 0.05) is 6.20 Å². The van der Waals surface area contributed by atoms with Crippen LogP contribution in [0.15, 0.2) is 122 Å². The highest BCUT2D eigenvalue weighted by atomic mass is 16.3. The molecule has 0 aliphatic heterocycles. The Morgan fingerprint density at radius 2 is 1.22 bits per heavy atom. The number of nitrogens with zero attached hydrogens (tertiary/aromatic N) is 2. The van der Waals surface area contributed by atoms with Gasteiger partial charge in [-0.25, -0.2) is 0 Å². The maximum Gasteiger partial charge on any atom is 0.137 e. The normalized spacial score (nSPS) is 11.5. The highest BCUT2D eigenvalue weighted by Gasteiger charge is 2.39. The molecular weight excluding hydrogens is 440 g/mol. The van der Waals surface area contributed by atoms with Crippen LogP contribution < -0.4 is 0 Å². The van der Waals surface area contributed by atoms with Gasteiger partial charge in [0.2, 0.25) is 0 Å². The molecule has 0 saturated carbocycles. The Labute approximate surface area is 213 Å². The average Bonchev–Trinajstić information content (AvgIpc) is 3.39. The zero-order valence-corrected chi connectivity index (χ0v) is 20.7. The third-order valence-electron chi connectivity index (χ3n) is 7.04. The van der Waals surface area contributed by atoms with E-state index in [9.17, 15) is 5.11 Å². The number of phenolic OH excluding ortho intramolecular Hbond substituents is 1. The van der Waals surface area contributed by atoms with E-state index in [1.54, 1.807) is 6.07 Å². The molecule has 5 rings (SSSR count). The topological polar surface area (TPSA) is 38.1 Å². The van der Waals surface area contributed by atoms with E-state index in [1.807, 2.05) is 18.3 Å². The van der Waals surface area contributed by atoms with Gasteiger partial charge in [-0.15, -0.1) is 0 Å². The van der Waals surface area contributed by atoms with Gasteiger partial charge in [-0.2, -0.15) is 5.10 Å². The van der Waals surface area contributed by atoms with Crippen LogP contribution >= 0.6 is 0 Å². The van der Waals surface area contributed by atoms with Crippen molar-refractivity contribution in [2.75, 3.05) is 0 Å². The monoisotopic (exact) mass is 472 g/mol. The van der Waals surface area contributed by atoms with E-state index in [0.717, 1.165) is 31.2 Å². The number of unbranched alkanes of at least 4 members (excludes halogenated alkanes) is 1. The van der Waals surface area contributed by atoms with Crippen LogP contribution in [0.5, 0.6) is 5.75 Å². The third-order valence-corrected chi connectivity index (χ3v) is 7.04. The first-order valence-corrected chi connectivity index (χ1v) is 12.7. The third kappa shape index (κ3) is 4.70. The van der Waals surface area contributed by atoms with Crippen molar-refractivity contribution in [3.05, 3.63) is 155 Å². The van der Waals surface area contributed by atoms with E-state index in [-0.39, 0.29) is 0 Å². The quantitative estimate of drug-likeness (QED) is 0.180. The summed E-state index contributed by atoms with van der Waals surface area (Å²) in [7, 11) is 0. The van der Waals surface area contributed by atoms with E-state index in [2.05, 4.69) is 109 Å². The molecule has 1 heterocycles. The molecule has 1 aromatic heterocycles. The van der Waals surface area contributed by atoms with Crippen LogP contribution in [0.4, 0.5) is 0 Å². The van der Waals surface area contributed by atoms with Crippen LogP contribution in [0.1, 0.15) is 46.2 Å². The summed E-state index contributed by atoms with van der Waals surface area (Å²) < 4.78 is 2.15. The van der Waals surface area contributed by atoms with Crippen molar-refractivity contribution in [3.63, 3.8) is 0 Å². The second-order valence-corrected chi connectivity index (χ2v) is 9.42. The highest BCUT2D eigenvalue weighted by Crippen LogP contribution is 2.40. The second-order valence-electron chi connectivity index (χ2n) is 9.42. The van der Waals surface area contributed by atoms with E-state index < -0.39 is 5.54 Å². The zero-order valence-electron chi connectivity index (χ0n) is 20.7. The van der Waals surface area contributed by atoms with Crippen molar-refractivity contribution >= 4 is 0 Å². The lowest BCUT2D eigenvalue weighted by molar-refractivity contribution is 0.459. The summed E-state index contributed by atoms with van der Waals surface area (Å²) in [6.45, 7) is 2.06. The summed E-state index contributed by atoms with van der Waals surface area (Å²) in [4.78, 5) is 0. The van der Waals surface area contributed by atoms with Gasteiger partial charge in [-0.05, 0) is 78.1 Å². The van der Waals surface area contributed by atoms with Crippen molar-refractivity contribution < 1.29 is 5.11 Å². The fourth-order valence-corrected chi connectivity index (χ4v) is 5.21. The van der Waals surface area contributed by atoms with Crippen LogP contribution in [0.2, 0.25) is 0 Å². The smallest absolute Gasteiger partial charge is 0.137 e. The van der Waals surface area contributed by atoms with Crippen molar-refractivity contribution in [2.24, 2.45) is 0 Å². The summed E-state index contributed by atoms with van der Waals surface area (Å²) >= 11 is 0. The predicted octanol–water partition coefficient (Wildman–Crippen LogP) is 7.30. The molecular formula is C33H32N2O. The molecule has 0 aliphatic rings. The van der Waals surface area contributed by atoms with E-state index >= 15 is 0 Å². The van der Waals surface area contributed by atoms with E-state index in [4.69, 9.17) is 5.10 Å². The molecule has 0 unspecified atom stereocenters. The molecule has 3 heteroatoms. The lowest BCUT2D eigenvalue weighted by Crippen LogP contribution is -2.38. The van der Waals surface area contributed by atoms with Gasteiger partial charge in [-0.1, -0.05) is 97.1 Å². The average molecular weight is 473 g/mol. The number of benzene rings is 4. The largest absolute Gasteiger partial charge is 0.508 e. The number of aromatic hydroxyl groups is 1. The molecule has 0 spiro atoms. The van der Waals surface area contributed by atoms with Crippen LogP contribution in [0.3, 0.4) is 0 Å². The molecule has 180 valence electrons. The number of rotatable bonds is 9. The van der Waals surface area contributed by atoms with Gasteiger partial charge in [-0.3, -0.25) is 4.68 Å². The lowest BCUT2D eigenvalue weighted by Gasteiger charge is -2.36. The van der Waals surface area contributed by atoms with Gasteiger partial charge >= 0.3 is 0 Å². The first kappa shape index (κ1) is 23.6. The maximum atomic E-state index is 9.66. The fourth-order valence-electron chi connectivity index (χ4n) is 5.21. The summed E-state index contributed by atoms with van der Waals surface area (Å²) in [6, 6.07) is 37.6. The van der Waals surface area contributed by atoms with Crippen LogP contribution in [0, 0.1) is 6.92 Å². The molecule has 36 heavy (non-hydrogen) atoms. The Hall–Kier alpha value is -4.11. The number of aryl methyl sites for hydroxylation is 3. The molecule has 4 aromatic carbocycles. The van der Waals surface area contributed by atoms with Gasteiger partial charge in [0.15, 0.2) is 0 Å². The van der Waals surface area contributed by atoms with Crippen LogP contribution in [-0.2, 0) is 18.4 Å². The van der Waals surface area contributed by atoms with Gasteiger partial charge in [0.25, 0.3) is 0 Å². The SMILES string of the molecule is Cc1cc(O)ccc1CCCCc1cnn(C(c2ccccc2)(c2ccccc2)c2ccccc2)c1. The predicted molar refractivity (Wildman–Crippen MR) is 146 cm³/mol. The van der Waals surface area contributed by atoms with Crippen molar-refractivity contribution in [2.45, 2.75) is 38.1 Å². The molecule has 0 aliphatic carbocycles. The van der Waals surface area contributed by atoms with E-state index in [1.165, 1.54) is 27.8 Å². The summed E-state index contributed by atoms with van der Waals surface area (Å²) in [5.74, 6) is 0.336. The van der Waals surface area contributed by atoms with Gasteiger partial charge in [0.1, 0.15) is 11.3 Å². The summed E-state index contributed by atoms with van der Waals surface area (Å²) in [6.07, 6.45) is 8.42. The molecule has 0 bridgehead atoms. The number of hydrogen-bond acceptors (Lipinski definition) is 2. The van der Waals surface area contributed by atoms with Crippen molar-refractivity contribution in [3.8, 4) is 5.75 Å². The Morgan fingerprint density at radius 1 is 0.694 bits per heavy atom. The Morgan fingerprint density at radius 3 is 1.75 bits per heavy atom. The Kier molecular flexibility index (Phi) is 6.99. The minimum Gasteiger partial charge on any atom is -0.508 e. The number of hydrogen-bond donors (Lipinski definition) is 1. The zero-order chi connectivity index (χ0) is 24.8. The molecule has 1 N–H and O–H groups in total. The van der Waals surface area contributed by atoms with Crippen LogP contribution in [-0.4, -0.2) is 14.9 Å². The van der Waals surface area contributed by atoms with Crippen molar-refractivity contribution in [1.29, 1.82) is 0 Å². The maximum absolute atomic E-state index is 9.66. The molecule has 0 atom stereocenters. The Balaban J connectivity index is 1.46. The lowest BCUT2D eigenvalue weighted by atomic mass is 9.77. The molecule has 0 fully saturated rings.